The number of hydrogen-bond acceptors (Lipinski definition) is 6. The van der Waals surface area contributed by atoms with Gasteiger partial charge in [-0.3, -0.25) is 0 Å². The molecule has 214 valence electrons. The monoisotopic (exact) mass is 556 g/mol. The lowest BCUT2D eigenvalue weighted by atomic mass is 9.70. The summed E-state index contributed by atoms with van der Waals surface area (Å²) in [5.74, 6) is 1.76. The average molecular weight is 557 g/mol. The minimum absolute atomic E-state index is 0.0182. The quantitative estimate of drug-likeness (QED) is 0.258. The van der Waals surface area contributed by atoms with Crippen LogP contribution in [0.2, 0.25) is 0 Å². The fourth-order valence-electron chi connectivity index (χ4n) is 7.44. The van der Waals surface area contributed by atoms with Crippen molar-refractivity contribution in [3.8, 4) is 11.4 Å². The van der Waals surface area contributed by atoms with E-state index in [-0.39, 0.29) is 17.7 Å². The van der Waals surface area contributed by atoms with E-state index in [2.05, 4.69) is 146 Å². The molecule has 0 spiro atoms. The van der Waals surface area contributed by atoms with Gasteiger partial charge in [0.25, 0.3) is 0 Å². The molecule has 6 heteroatoms. The summed E-state index contributed by atoms with van der Waals surface area (Å²) in [6.07, 6.45) is 10.8. The number of aryl methyl sites for hydroxylation is 1. The van der Waals surface area contributed by atoms with Crippen LogP contribution in [-0.2, 0) is 11.8 Å². The van der Waals surface area contributed by atoms with E-state index in [1.807, 2.05) is 0 Å². The molecule has 3 aliphatic heterocycles. The van der Waals surface area contributed by atoms with Crippen molar-refractivity contribution in [3.63, 3.8) is 0 Å². The van der Waals surface area contributed by atoms with Crippen LogP contribution in [0.3, 0.4) is 0 Å². The Bertz CT molecular complexity index is 1660. The van der Waals surface area contributed by atoms with Crippen molar-refractivity contribution in [2.75, 3.05) is 28.8 Å². The van der Waals surface area contributed by atoms with Crippen LogP contribution < -0.4 is 14.7 Å². The molecule has 1 aromatic heterocycles. The van der Waals surface area contributed by atoms with Gasteiger partial charge in [-0.2, -0.15) is 0 Å². The van der Waals surface area contributed by atoms with Gasteiger partial charge in [0.05, 0.1) is 6.20 Å². The summed E-state index contributed by atoms with van der Waals surface area (Å²) in [7, 11) is 4.40. The molecule has 0 aliphatic carbocycles. The van der Waals surface area contributed by atoms with Crippen molar-refractivity contribution in [1.82, 2.24) is 14.9 Å². The molecule has 4 aromatic rings. The second-order valence-corrected chi connectivity index (χ2v) is 12.1. The Balaban J connectivity index is 1.46. The van der Waals surface area contributed by atoms with Crippen molar-refractivity contribution >= 4 is 22.9 Å². The first-order valence-electron chi connectivity index (χ1n) is 15.3. The second-order valence-electron chi connectivity index (χ2n) is 12.1. The maximum absolute atomic E-state index is 5.24. The average Bonchev–Trinajstić information content (AvgIpc) is 3.51. The summed E-state index contributed by atoms with van der Waals surface area (Å²) >= 11 is 0. The number of hydrogen-bond donors (Lipinski definition) is 0. The van der Waals surface area contributed by atoms with Crippen LogP contribution in [0.4, 0.5) is 22.9 Å². The maximum Gasteiger partial charge on any atom is 0.161 e. The molecule has 3 aromatic carbocycles. The molecule has 7 rings (SSSR count). The van der Waals surface area contributed by atoms with Crippen molar-refractivity contribution in [2.24, 2.45) is 0 Å². The normalized spacial score (nSPS) is 20.4. The van der Waals surface area contributed by atoms with Crippen LogP contribution in [-0.4, -0.2) is 41.3 Å². The smallest absolute Gasteiger partial charge is 0.161 e. The van der Waals surface area contributed by atoms with Gasteiger partial charge in [0, 0.05) is 55.3 Å². The summed E-state index contributed by atoms with van der Waals surface area (Å²) in [6.45, 7) is 6.84. The Kier molecular flexibility index (Phi) is 6.45. The topological polar surface area (TPSA) is 38.7 Å². The van der Waals surface area contributed by atoms with Gasteiger partial charge >= 0.3 is 0 Å². The summed E-state index contributed by atoms with van der Waals surface area (Å²) in [6, 6.07) is 26.5. The highest BCUT2D eigenvalue weighted by Crippen LogP contribution is 2.50. The van der Waals surface area contributed by atoms with Gasteiger partial charge in [0.2, 0.25) is 0 Å². The minimum Gasteiger partial charge on any atom is -0.359 e. The molecule has 0 N–H and O–H groups in total. The number of fused-ring (bicyclic) bond motifs is 8. The van der Waals surface area contributed by atoms with Crippen LogP contribution >= 0.6 is 0 Å². The molecule has 0 bridgehead atoms. The predicted molar refractivity (Wildman–Crippen MR) is 173 cm³/mol. The number of nitrogens with zero attached hydrogens (tertiary/aromatic N) is 6. The van der Waals surface area contributed by atoms with E-state index in [9.17, 15) is 0 Å². The summed E-state index contributed by atoms with van der Waals surface area (Å²) in [4.78, 5) is 20.0. The van der Waals surface area contributed by atoms with Gasteiger partial charge < -0.3 is 19.6 Å². The highest BCUT2D eigenvalue weighted by Gasteiger charge is 2.44. The molecule has 0 fully saturated rings. The number of rotatable bonds is 3. The largest absolute Gasteiger partial charge is 0.359 e. The zero-order valence-corrected chi connectivity index (χ0v) is 25.3. The summed E-state index contributed by atoms with van der Waals surface area (Å²) in [5.41, 5.74) is 8.71. The minimum atomic E-state index is -0.0182. The van der Waals surface area contributed by atoms with Gasteiger partial charge in [-0.25, -0.2) is 9.97 Å². The Morgan fingerprint density at radius 1 is 0.810 bits per heavy atom. The van der Waals surface area contributed by atoms with Gasteiger partial charge in [-0.15, -0.1) is 0 Å². The third-order valence-corrected chi connectivity index (χ3v) is 10.0. The Labute approximate surface area is 249 Å². The number of aromatic nitrogens is 2. The molecule has 6 nitrogen and oxygen atoms in total. The maximum atomic E-state index is 5.24. The number of benzene rings is 3. The molecule has 0 saturated carbocycles. The van der Waals surface area contributed by atoms with Crippen molar-refractivity contribution in [1.29, 1.82) is 0 Å². The first-order chi connectivity index (χ1) is 20.5. The predicted octanol–water partition coefficient (Wildman–Crippen LogP) is 7.62. The van der Waals surface area contributed by atoms with Gasteiger partial charge in [-0.05, 0) is 55.0 Å². The van der Waals surface area contributed by atoms with E-state index in [0.717, 1.165) is 48.6 Å². The number of anilines is 4. The first-order valence-corrected chi connectivity index (χ1v) is 15.3. The lowest BCUT2D eigenvalue weighted by Crippen LogP contribution is -2.48. The second kappa shape index (κ2) is 10.2. The Hall–Kier alpha value is -4.32. The molecule has 0 amide bonds. The van der Waals surface area contributed by atoms with E-state index in [1.165, 1.54) is 28.1 Å². The molecule has 3 aliphatic rings. The standard InChI is InChI=1S/C36H40N6/c1-6-36(7-2)23-26-15-9-12-18-29(26)41-21-20-39(4)32(41)22-33-40(5)35-31(42(33)30-19-13-11-17-28(30)36)24-37-34(38-35)27-16-10-8-14-25(27)3/h8-21,24,32-33H,6-7,22-23H2,1-5H3. The lowest BCUT2D eigenvalue weighted by molar-refractivity contribution is 0.319. The fourth-order valence-corrected chi connectivity index (χ4v) is 7.44. The number of para-hydroxylation sites is 2. The summed E-state index contributed by atoms with van der Waals surface area (Å²) < 4.78 is 0. The zero-order valence-electron chi connectivity index (χ0n) is 25.3. The molecular weight excluding hydrogens is 516 g/mol. The molecule has 4 heterocycles. The Morgan fingerprint density at radius 2 is 1.52 bits per heavy atom. The van der Waals surface area contributed by atoms with E-state index >= 15 is 0 Å². The molecule has 2 unspecified atom stereocenters. The van der Waals surface area contributed by atoms with E-state index in [1.54, 1.807) is 0 Å². The zero-order chi connectivity index (χ0) is 29.0. The first kappa shape index (κ1) is 26.6. The molecule has 42 heavy (non-hydrogen) atoms. The SMILES string of the molecule is CCC1(CC)Cc2ccccc2N2C=CN(C)C2CC2N(C)c3nc(-c4ccccc4C)ncc3N2c2ccccc21. The van der Waals surface area contributed by atoms with Crippen LogP contribution in [0.1, 0.15) is 49.8 Å². The third-order valence-electron chi connectivity index (χ3n) is 10.0. The van der Waals surface area contributed by atoms with Crippen molar-refractivity contribution in [3.05, 3.63) is 108 Å². The molecule has 0 radical (unpaired) electrons. The van der Waals surface area contributed by atoms with Gasteiger partial charge in [0.1, 0.15) is 18.0 Å². The van der Waals surface area contributed by atoms with Crippen LogP contribution in [0.15, 0.2) is 91.4 Å². The molecule has 2 atom stereocenters. The highest BCUT2D eigenvalue weighted by molar-refractivity contribution is 5.83. The summed E-state index contributed by atoms with van der Waals surface area (Å²) in [5, 5.41) is 0. The van der Waals surface area contributed by atoms with Gasteiger partial charge in [0.15, 0.2) is 11.6 Å². The Morgan fingerprint density at radius 3 is 2.31 bits per heavy atom. The van der Waals surface area contributed by atoms with Gasteiger partial charge in [-0.1, -0.05) is 74.5 Å². The van der Waals surface area contributed by atoms with Crippen LogP contribution in [0, 0.1) is 6.92 Å². The lowest BCUT2D eigenvalue weighted by Gasteiger charge is -2.39. The van der Waals surface area contributed by atoms with Crippen molar-refractivity contribution < 1.29 is 0 Å². The van der Waals surface area contributed by atoms with Crippen LogP contribution in [0.25, 0.3) is 11.4 Å². The fraction of sp³-hybridized carbons (Fsp3) is 0.333. The molecule has 0 saturated heterocycles. The van der Waals surface area contributed by atoms with E-state index in [4.69, 9.17) is 9.97 Å². The van der Waals surface area contributed by atoms with E-state index < -0.39 is 0 Å². The molecular formula is C36H40N6. The van der Waals surface area contributed by atoms with Crippen molar-refractivity contribution in [2.45, 2.75) is 64.2 Å². The third kappa shape index (κ3) is 3.99. The highest BCUT2D eigenvalue weighted by atomic mass is 15.5. The van der Waals surface area contributed by atoms with Crippen LogP contribution in [0.5, 0.6) is 0 Å². The van der Waals surface area contributed by atoms with E-state index in [0.29, 0.717) is 0 Å².